The maximum Gasteiger partial charge on any atom is 0.223 e. The van der Waals surface area contributed by atoms with Gasteiger partial charge >= 0.3 is 0 Å². The van der Waals surface area contributed by atoms with E-state index >= 15 is 0 Å². The summed E-state index contributed by atoms with van der Waals surface area (Å²) >= 11 is 0. The molecular formula is C18H25FN2O. The lowest BCUT2D eigenvalue weighted by molar-refractivity contribution is -0.123. The van der Waals surface area contributed by atoms with Crippen molar-refractivity contribution in [3.63, 3.8) is 0 Å². The number of carbonyl (C=O) groups excluding carboxylic acids is 1. The van der Waals surface area contributed by atoms with Gasteiger partial charge in [0.05, 0.1) is 0 Å². The van der Waals surface area contributed by atoms with Gasteiger partial charge in [-0.2, -0.15) is 0 Å². The van der Waals surface area contributed by atoms with Crippen LogP contribution in [0.4, 0.5) is 4.39 Å². The molecule has 1 saturated heterocycles. The molecule has 1 aromatic carbocycles. The number of amides is 1. The number of carbonyl (C=O) groups is 1. The Bertz CT molecular complexity index is 564. The standard InChI is InChI=1S/C18H25FN2O/c1-17(2,13-4-3-5-14(19)10-13)12-21-16(22)15-11-18(15)6-8-20-9-7-18/h3-5,10,15,20H,6-9,11-12H2,1-2H3,(H,21,22). The van der Waals surface area contributed by atoms with Gasteiger partial charge in [0.1, 0.15) is 5.82 Å². The number of hydrogen-bond acceptors (Lipinski definition) is 2. The third kappa shape index (κ3) is 3.02. The summed E-state index contributed by atoms with van der Waals surface area (Å²) in [7, 11) is 0. The van der Waals surface area contributed by atoms with Gasteiger partial charge in [-0.1, -0.05) is 26.0 Å². The Morgan fingerprint density at radius 3 is 2.82 bits per heavy atom. The van der Waals surface area contributed by atoms with Crippen LogP contribution in [0, 0.1) is 17.2 Å². The van der Waals surface area contributed by atoms with Crippen LogP contribution in [0.1, 0.15) is 38.7 Å². The molecule has 1 aliphatic carbocycles. The van der Waals surface area contributed by atoms with Crippen molar-refractivity contribution in [1.82, 2.24) is 10.6 Å². The van der Waals surface area contributed by atoms with Crippen molar-refractivity contribution in [2.24, 2.45) is 11.3 Å². The molecule has 3 nitrogen and oxygen atoms in total. The van der Waals surface area contributed by atoms with Crippen LogP contribution in [-0.2, 0) is 10.2 Å². The quantitative estimate of drug-likeness (QED) is 0.898. The topological polar surface area (TPSA) is 41.1 Å². The number of rotatable bonds is 4. The molecule has 120 valence electrons. The second kappa shape index (κ2) is 5.65. The van der Waals surface area contributed by atoms with E-state index in [0.717, 1.165) is 37.9 Å². The molecular weight excluding hydrogens is 279 g/mol. The van der Waals surface area contributed by atoms with Gasteiger partial charge in [-0.3, -0.25) is 4.79 Å². The van der Waals surface area contributed by atoms with Gasteiger partial charge in [0.15, 0.2) is 0 Å². The Hall–Kier alpha value is -1.42. The lowest BCUT2D eigenvalue weighted by Crippen LogP contribution is -2.39. The smallest absolute Gasteiger partial charge is 0.223 e. The van der Waals surface area contributed by atoms with E-state index in [1.54, 1.807) is 12.1 Å². The minimum absolute atomic E-state index is 0.173. The molecule has 0 radical (unpaired) electrons. The summed E-state index contributed by atoms with van der Waals surface area (Å²) in [5.74, 6) is 0.122. The summed E-state index contributed by atoms with van der Waals surface area (Å²) in [6, 6.07) is 6.64. The van der Waals surface area contributed by atoms with Crippen LogP contribution >= 0.6 is 0 Å². The van der Waals surface area contributed by atoms with E-state index in [9.17, 15) is 9.18 Å². The average molecular weight is 304 g/mol. The molecule has 2 fully saturated rings. The number of hydrogen-bond donors (Lipinski definition) is 2. The third-order valence-corrected chi connectivity index (χ3v) is 5.42. The minimum atomic E-state index is -0.270. The fourth-order valence-corrected chi connectivity index (χ4v) is 3.64. The molecule has 1 aliphatic heterocycles. The van der Waals surface area contributed by atoms with Gasteiger partial charge in [0, 0.05) is 17.9 Å². The zero-order valence-corrected chi connectivity index (χ0v) is 13.4. The molecule has 22 heavy (non-hydrogen) atoms. The summed E-state index contributed by atoms with van der Waals surface area (Å²) in [4.78, 5) is 12.4. The fraction of sp³-hybridized carbons (Fsp3) is 0.611. The molecule has 1 saturated carbocycles. The zero-order valence-electron chi connectivity index (χ0n) is 13.4. The molecule has 0 aromatic heterocycles. The second-order valence-electron chi connectivity index (χ2n) is 7.48. The number of nitrogens with one attached hydrogen (secondary N) is 2. The SMILES string of the molecule is CC(C)(CNC(=O)C1CC12CCNCC2)c1cccc(F)c1. The maximum atomic E-state index is 13.4. The molecule has 1 unspecified atom stereocenters. The van der Waals surface area contributed by atoms with Gasteiger partial charge in [-0.25, -0.2) is 4.39 Å². The third-order valence-electron chi connectivity index (χ3n) is 5.42. The van der Waals surface area contributed by atoms with Crippen molar-refractivity contribution >= 4 is 5.91 Å². The molecule has 1 heterocycles. The first kappa shape index (κ1) is 15.5. The van der Waals surface area contributed by atoms with Crippen LogP contribution in [-0.4, -0.2) is 25.5 Å². The molecule has 0 bridgehead atoms. The predicted octanol–water partition coefficient (Wildman–Crippen LogP) is 2.61. The van der Waals surface area contributed by atoms with Crippen LogP contribution in [0.3, 0.4) is 0 Å². The molecule has 1 aromatic rings. The van der Waals surface area contributed by atoms with Crippen LogP contribution in [0.2, 0.25) is 0 Å². The first-order valence-corrected chi connectivity index (χ1v) is 8.17. The van der Waals surface area contributed by atoms with E-state index in [-0.39, 0.29) is 28.5 Å². The van der Waals surface area contributed by atoms with Gasteiger partial charge in [-0.05, 0) is 55.5 Å². The predicted molar refractivity (Wildman–Crippen MR) is 85.1 cm³/mol. The zero-order chi connectivity index (χ0) is 15.8. The summed E-state index contributed by atoms with van der Waals surface area (Å²) < 4.78 is 13.4. The normalized spacial score (nSPS) is 23.3. The van der Waals surface area contributed by atoms with E-state index < -0.39 is 0 Å². The van der Waals surface area contributed by atoms with E-state index in [1.807, 2.05) is 19.9 Å². The number of piperidine rings is 1. The Morgan fingerprint density at radius 2 is 2.14 bits per heavy atom. The highest BCUT2D eigenvalue weighted by molar-refractivity contribution is 5.82. The monoisotopic (exact) mass is 304 g/mol. The Labute approximate surface area is 131 Å². The molecule has 4 heteroatoms. The summed E-state index contributed by atoms with van der Waals surface area (Å²) in [6.07, 6.45) is 3.25. The van der Waals surface area contributed by atoms with Crippen molar-refractivity contribution in [2.75, 3.05) is 19.6 Å². The Morgan fingerprint density at radius 1 is 1.41 bits per heavy atom. The lowest BCUT2D eigenvalue weighted by atomic mass is 9.84. The lowest BCUT2D eigenvalue weighted by Gasteiger charge is -2.27. The highest BCUT2D eigenvalue weighted by Crippen LogP contribution is 2.58. The van der Waals surface area contributed by atoms with Gasteiger partial charge in [-0.15, -0.1) is 0 Å². The minimum Gasteiger partial charge on any atom is -0.355 e. The number of halogens is 1. The Balaban J connectivity index is 1.57. The molecule has 1 atom stereocenters. The van der Waals surface area contributed by atoms with E-state index in [2.05, 4.69) is 10.6 Å². The molecule has 1 amide bonds. The molecule has 2 N–H and O–H groups in total. The van der Waals surface area contributed by atoms with Crippen LogP contribution < -0.4 is 10.6 Å². The van der Waals surface area contributed by atoms with Crippen LogP contribution in [0.25, 0.3) is 0 Å². The first-order valence-electron chi connectivity index (χ1n) is 8.17. The van der Waals surface area contributed by atoms with Gasteiger partial charge in [0.25, 0.3) is 0 Å². The van der Waals surface area contributed by atoms with Crippen molar-refractivity contribution in [3.05, 3.63) is 35.6 Å². The maximum absolute atomic E-state index is 13.4. The van der Waals surface area contributed by atoms with Gasteiger partial charge in [0.2, 0.25) is 5.91 Å². The summed E-state index contributed by atoms with van der Waals surface area (Å²) in [5, 5.41) is 6.45. The molecule has 1 spiro atoms. The van der Waals surface area contributed by atoms with E-state index in [4.69, 9.17) is 0 Å². The van der Waals surface area contributed by atoms with Crippen LogP contribution in [0.15, 0.2) is 24.3 Å². The fourth-order valence-electron chi connectivity index (χ4n) is 3.64. The van der Waals surface area contributed by atoms with Crippen LogP contribution in [0.5, 0.6) is 0 Å². The van der Waals surface area contributed by atoms with Crippen molar-refractivity contribution in [1.29, 1.82) is 0 Å². The summed E-state index contributed by atoms with van der Waals surface area (Å²) in [5.41, 5.74) is 0.909. The second-order valence-corrected chi connectivity index (χ2v) is 7.48. The highest BCUT2D eigenvalue weighted by atomic mass is 19.1. The van der Waals surface area contributed by atoms with E-state index in [0.29, 0.717) is 6.54 Å². The molecule has 3 rings (SSSR count). The van der Waals surface area contributed by atoms with Gasteiger partial charge < -0.3 is 10.6 Å². The average Bonchev–Trinajstić information content (AvgIpc) is 3.19. The van der Waals surface area contributed by atoms with Crippen molar-refractivity contribution in [3.8, 4) is 0 Å². The number of benzene rings is 1. The van der Waals surface area contributed by atoms with Crippen molar-refractivity contribution in [2.45, 2.75) is 38.5 Å². The summed E-state index contributed by atoms with van der Waals surface area (Å²) in [6.45, 7) is 6.67. The van der Waals surface area contributed by atoms with Crippen molar-refractivity contribution < 1.29 is 9.18 Å². The Kier molecular flexibility index (Phi) is 3.98. The van der Waals surface area contributed by atoms with E-state index in [1.165, 1.54) is 6.07 Å². The largest absolute Gasteiger partial charge is 0.355 e. The molecule has 2 aliphatic rings. The highest BCUT2D eigenvalue weighted by Gasteiger charge is 2.57. The first-order chi connectivity index (χ1) is 10.4.